The number of benzene rings is 2. The molecule has 0 atom stereocenters. The van der Waals surface area contributed by atoms with Gasteiger partial charge in [0.05, 0.1) is 6.21 Å². The zero-order chi connectivity index (χ0) is 15.1. The van der Waals surface area contributed by atoms with E-state index < -0.39 is 5.91 Å². The summed E-state index contributed by atoms with van der Waals surface area (Å²) in [6, 6.07) is 12.4. The molecule has 0 radical (unpaired) electrons. The topological polar surface area (TPSA) is 50.7 Å². The van der Waals surface area contributed by atoms with Crippen LogP contribution in [-0.4, -0.2) is 18.7 Å². The molecule has 0 aromatic heterocycles. The van der Waals surface area contributed by atoms with Gasteiger partial charge in [-0.2, -0.15) is 5.10 Å². The molecule has 2 rings (SSSR count). The molecule has 0 bridgehead atoms. The van der Waals surface area contributed by atoms with E-state index >= 15 is 0 Å². The highest BCUT2D eigenvalue weighted by atomic mass is 35.5. The van der Waals surface area contributed by atoms with Crippen molar-refractivity contribution < 1.29 is 13.9 Å². The fourth-order valence-electron chi connectivity index (χ4n) is 1.44. The molecule has 0 aliphatic carbocycles. The summed E-state index contributed by atoms with van der Waals surface area (Å²) >= 11 is 5.73. The van der Waals surface area contributed by atoms with E-state index in [1.165, 1.54) is 18.3 Å². The van der Waals surface area contributed by atoms with Gasteiger partial charge in [0.1, 0.15) is 11.6 Å². The van der Waals surface area contributed by atoms with Crippen molar-refractivity contribution in [1.29, 1.82) is 0 Å². The minimum absolute atomic E-state index is 0.164. The molecule has 1 N–H and O–H groups in total. The summed E-state index contributed by atoms with van der Waals surface area (Å²) in [6.45, 7) is -0.164. The molecule has 6 heteroatoms. The molecular formula is C15H12ClFN2O2. The molecule has 0 aliphatic heterocycles. The normalized spacial score (nSPS) is 10.6. The zero-order valence-corrected chi connectivity index (χ0v) is 11.7. The van der Waals surface area contributed by atoms with Crippen LogP contribution in [0.1, 0.15) is 5.56 Å². The SMILES string of the molecule is O=C(COc1ccc(Cl)cc1)N/N=C\c1ccc(F)cc1. The highest BCUT2D eigenvalue weighted by molar-refractivity contribution is 6.30. The monoisotopic (exact) mass is 306 g/mol. The minimum atomic E-state index is -0.400. The number of nitrogens with one attached hydrogen (secondary N) is 1. The van der Waals surface area contributed by atoms with Crippen molar-refractivity contribution in [3.8, 4) is 5.75 Å². The maximum atomic E-state index is 12.7. The number of carbonyl (C=O) groups is 1. The highest BCUT2D eigenvalue weighted by Crippen LogP contribution is 2.15. The summed E-state index contributed by atoms with van der Waals surface area (Å²) in [4.78, 5) is 11.5. The smallest absolute Gasteiger partial charge is 0.277 e. The van der Waals surface area contributed by atoms with Gasteiger partial charge in [0.2, 0.25) is 0 Å². The van der Waals surface area contributed by atoms with E-state index in [9.17, 15) is 9.18 Å². The number of hydrogen-bond acceptors (Lipinski definition) is 3. The molecule has 1 amide bonds. The Morgan fingerprint density at radius 2 is 1.86 bits per heavy atom. The van der Waals surface area contributed by atoms with Gasteiger partial charge in [-0.1, -0.05) is 23.7 Å². The fraction of sp³-hybridized carbons (Fsp3) is 0.0667. The molecule has 0 aliphatic rings. The van der Waals surface area contributed by atoms with Gasteiger partial charge in [-0.25, -0.2) is 9.82 Å². The van der Waals surface area contributed by atoms with Crippen molar-refractivity contribution in [3.05, 3.63) is 64.9 Å². The molecular weight excluding hydrogens is 295 g/mol. The third kappa shape index (κ3) is 5.24. The third-order valence-electron chi connectivity index (χ3n) is 2.46. The largest absolute Gasteiger partial charge is 0.484 e. The van der Waals surface area contributed by atoms with Crippen LogP contribution in [0.5, 0.6) is 5.75 Å². The van der Waals surface area contributed by atoms with Gasteiger partial charge in [0.25, 0.3) is 5.91 Å². The van der Waals surface area contributed by atoms with Crippen molar-refractivity contribution in [2.75, 3.05) is 6.61 Å². The fourth-order valence-corrected chi connectivity index (χ4v) is 1.57. The number of ether oxygens (including phenoxy) is 1. The first-order chi connectivity index (χ1) is 10.1. The lowest BCUT2D eigenvalue weighted by molar-refractivity contribution is -0.123. The van der Waals surface area contributed by atoms with Gasteiger partial charge in [-0.15, -0.1) is 0 Å². The van der Waals surface area contributed by atoms with E-state index in [1.54, 1.807) is 36.4 Å². The van der Waals surface area contributed by atoms with Gasteiger partial charge in [0, 0.05) is 5.02 Å². The molecule has 2 aromatic carbocycles. The average molecular weight is 307 g/mol. The Morgan fingerprint density at radius 1 is 1.19 bits per heavy atom. The first-order valence-electron chi connectivity index (χ1n) is 6.09. The first kappa shape index (κ1) is 15.0. The number of halogens is 2. The summed E-state index contributed by atoms with van der Waals surface area (Å²) in [7, 11) is 0. The highest BCUT2D eigenvalue weighted by Gasteiger charge is 2.01. The van der Waals surface area contributed by atoms with Crippen LogP contribution in [-0.2, 0) is 4.79 Å². The van der Waals surface area contributed by atoms with E-state index in [1.807, 2.05) is 0 Å². The first-order valence-corrected chi connectivity index (χ1v) is 6.47. The third-order valence-corrected chi connectivity index (χ3v) is 2.71. The summed E-state index contributed by atoms with van der Waals surface area (Å²) in [5.74, 6) is -0.187. The number of hydrogen-bond donors (Lipinski definition) is 1. The van der Waals surface area contributed by atoms with E-state index in [0.29, 0.717) is 16.3 Å². The molecule has 0 spiro atoms. The maximum Gasteiger partial charge on any atom is 0.277 e. The second-order valence-electron chi connectivity index (χ2n) is 4.09. The summed E-state index contributed by atoms with van der Waals surface area (Å²) < 4.78 is 17.9. The van der Waals surface area contributed by atoms with Gasteiger partial charge < -0.3 is 4.74 Å². The van der Waals surface area contributed by atoms with Gasteiger partial charge >= 0.3 is 0 Å². The lowest BCUT2D eigenvalue weighted by Gasteiger charge is -2.04. The number of hydrazone groups is 1. The van der Waals surface area contributed by atoms with Crippen LogP contribution in [0.15, 0.2) is 53.6 Å². The van der Waals surface area contributed by atoms with Crippen LogP contribution in [0, 0.1) is 5.82 Å². The molecule has 0 unspecified atom stereocenters. The molecule has 21 heavy (non-hydrogen) atoms. The van der Waals surface area contributed by atoms with Crippen LogP contribution in [0.3, 0.4) is 0 Å². The Hall–Kier alpha value is -2.40. The van der Waals surface area contributed by atoms with Crippen LogP contribution >= 0.6 is 11.6 Å². The van der Waals surface area contributed by atoms with E-state index in [0.717, 1.165) is 0 Å². The van der Waals surface area contributed by atoms with Crippen molar-refractivity contribution in [1.82, 2.24) is 5.43 Å². The standard InChI is InChI=1S/C15H12ClFN2O2/c16-12-3-7-14(8-4-12)21-10-15(20)19-18-9-11-1-5-13(17)6-2-11/h1-9H,10H2,(H,19,20)/b18-9-. The van der Waals surface area contributed by atoms with Crippen molar-refractivity contribution >= 4 is 23.7 Å². The van der Waals surface area contributed by atoms with Crippen LogP contribution in [0.25, 0.3) is 0 Å². The maximum absolute atomic E-state index is 12.7. The van der Waals surface area contributed by atoms with Crippen molar-refractivity contribution in [3.63, 3.8) is 0 Å². The van der Waals surface area contributed by atoms with E-state index in [2.05, 4.69) is 10.5 Å². The molecule has 4 nitrogen and oxygen atoms in total. The zero-order valence-electron chi connectivity index (χ0n) is 10.9. The van der Waals surface area contributed by atoms with Crippen molar-refractivity contribution in [2.24, 2.45) is 5.10 Å². The molecule has 0 heterocycles. The Bertz CT molecular complexity index is 627. The molecule has 108 valence electrons. The molecule has 0 saturated heterocycles. The average Bonchev–Trinajstić information content (AvgIpc) is 2.49. The van der Waals surface area contributed by atoms with Crippen LogP contribution in [0.2, 0.25) is 5.02 Å². The number of carbonyl (C=O) groups excluding carboxylic acids is 1. The number of nitrogens with zero attached hydrogens (tertiary/aromatic N) is 1. The van der Waals surface area contributed by atoms with E-state index in [-0.39, 0.29) is 12.4 Å². The molecule has 0 fully saturated rings. The van der Waals surface area contributed by atoms with Crippen LogP contribution < -0.4 is 10.2 Å². The predicted octanol–water partition coefficient (Wildman–Crippen LogP) is 3.01. The summed E-state index contributed by atoms with van der Waals surface area (Å²) in [5, 5.41) is 4.34. The van der Waals surface area contributed by atoms with Gasteiger partial charge in [-0.05, 0) is 42.0 Å². The Morgan fingerprint density at radius 3 is 2.52 bits per heavy atom. The van der Waals surface area contributed by atoms with Crippen LogP contribution in [0.4, 0.5) is 4.39 Å². The second kappa shape index (κ2) is 7.40. The lowest BCUT2D eigenvalue weighted by Crippen LogP contribution is -2.24. The Kier molecular flexibility index (Phi) is 5.29. The number of rotatable bonds is 5. The van der Waals surface area contributed by atoms with E-state index in [4.69, 9.17) is 16.3 Å². The molecule has 0 saturated carbocycles. The Labute approximate surface area is 126 Å². The summed E-state index contributed by atoms with van der Waals surface area (Å²) in [6.07, 6.45) is 1.42. The summed E-state index contributed by atoms with van der Waals surface area (Å²) in [5.41, 5.74) is 2.99. The van der Waals surface area contributed by atoms with Crippen molar-refractivity contribution in [2.45, 2.75) is 0 Å². The quantitative estimate of drug-likeness (QED) is 0.682. The lowest BCUT2D eigenvalue weighted by atomic mass is 10.2. The Balaban J connectivity index is 1.77. The van der Waals surface area contributed by atoms with Gasteiger partial charge in [-0.3, -0.25) is 4.79 Å². The minimum Gasteiger partial charge on any atom is -0.484 e. The molecule has 2 aromatic rings. The predicted molar refractivity (Wildman–Crippen MR) is 79.1 cm³/mol. The van der Waals surface area contributed by atoms with Gasteiger partial charge in [0.15, 0.2) is 6.61 Å². The second-order valence-corrected chi connectivity index (χ2v) is 4.52. The number of amides is 1.